The van der Waals surface area contributed by atoms with E-state index >= 15 is 0 Å². The average molecular weight is 280 g/mol. The minimum atomic E-state index is 0.606. The molecule has 2 aromatic carbocycles. The van der Waals surface area contributed by atoms with Gasteiger partial charge in [-0.3, -0.25) is 0 Å². The predicted octanol–water partition coefficient (Wildman–Crippen LogP) is 3.78. The first-order valence-corrected chi connectivity index (χ1v) is 7.87. The second-order valence-corrected chi connectivity index (χ2v) is 6.03. The van der Waals surface area contributed by atoms with Crippen molar-refractivity contribution < 1.29 is 0 Å². The van der Waals surface area contributed by atoms with Crippen molar-refractivity contribution in [2.24, 2.45) is 5.92 Å². The number of aryl methyl sites for hydroxylation is 2. The average Bonchev–Trinajstić information content (AvgIpc) is 2.66. The van der Waals surface area contributed by atoms with Crippen LogP contribution in [0.2, 0.25) is 0 Å². The Balaban J connectivity index is 2.02. The molecule has 3 rings (SSSR count). The molecule has 0 aliphatic carbocycles. The van der Waals surface area contributed by atoms with Crippen molar-refractivity contribution in [1.82, 2.24) is 5.32 Å². The molecular weight excluding hydrogens is 256 g/mol. The molecule has 110 valence electrons. The summed E-state index contributed by atoms with van der Waals surface area (Å²) < 4.78 is 0. The van der Waals surface area contributed by atoms with Gasteiger partial charge in [-0.15, -0.1) is 0 Å². The van der Waals surface area contributed by atoms with E-state index in [9.17, 15) is 0 Å². The van der Waals surface area contributed by atoms with Crippen molar-refractivity contribution in [3.05, 3.63) is 59.7 Å². The summed E-state index contributed by atoms with van der Waals surface area (Å²) in [6.45, 7) is 4.41. The molecule has 1 atom stereocenters. The Hall–Kier alpha value is -1.80. The molecule has 0 radical (unpaired) electrons. The SMILES string of the molecule is CNC[C@H](C)CN1c2ccccc2CCc2ccccc21. The van der Waals surface area contributed by atoms with Gasteiger partial charge < -0.3 is 10.2 Å². The Morgan fingerprint density at radius 3 is 2.00 bits per heavy atom. The lowest BCUT2D eigenvalue weighted by Crippen LogP contribution is -2.29. The first-order chi connectivity index (χ1) is 10.3. The lowest BCUT2D eigenvalue weighted by atomic mass is 10.0. The number of benzene rings is 2. The third-order valence-electron chi connectivity index (χ3n) is 4.28. The highest BCUT2D eigenvalue weighted by Gasteiger charge is 2.21. The van der Waals surface area contributed by atoms with Gasteiger partial charge in [0.15, 0.2) is 0 Å². The largest absolute Gasteiger partial charge is 0.341 e. The van der Waals surface area contributed by atoms with Gasteiger partial charge in [0.2, 0.25) is 0 Å². The smallest absolute Gasteiger partial charge is 0.0443 e. The van der Waals surface area contributed by atoms with Gasteiger partial charge in [-0.25, -0.2) is 0 Å². The summed E-state index contributed by atoms with van der Waals surface area (Å²) in [5, 5.41) is 3.29. The van der Waals surface area contributed by atoms with Crippen LogP contribution in [-0.4, -0.2) is 20.1 Å². The zero-order valence-corrected chi connectivity index (χ0v) is 13.0. The second kappa shape index (κ2) is 6.31. The number of hydrogen-bond acceptors (Lipinski definition) is 2. The Morgan fingerprint density at radius 1 is 0.952 bits per heavy atom. The summed E-state index contributed by atoms with van der Waals surface area (Å²) in [4.78, 5) is 2.51. The normalized spacial score (nSPS) is 15.0. The molecule has 21 heavy (non-hydrogen) atoms. The fraction of sp³-hybridized carbons (Fsp3) is 0.368. The molecule has 0 spiro atoms. The molecule has 0 unspecified atom stereocenters. The standard InChI is InChI=1S/C19H24N2/c1-15(13-20-2)14-21-18-9-5-3-7-16(18)11-12-17-8-4-6-10-19(17)21/h3-10,15,20H,11-14H2,1-2H3/t15-/m0/s1. The zero-order valence-electron chi connectivity index (χ0n) is 13.0. The van der Waals surface area contributed by atoms with Gasteiger partial charge in [-0.1, -0.05) is 43.3 Å². The van der Waals surface area contributed by atoms with Crippen molar-refractivity contribution >= 4 is 11.4 Å². The van der Waals surface area contributed by atoms with E-state index in [2.05, 4.69) is 65.7 Å². The van der Waals surface area contributed by atoms with Gasteiger partial charge in [-0.05, 0) is 55.6 Å². The van der Waals surface area contributed by atoms with Crippen molar-refractivity contribution in [2.75, 3.05) is 25.0 Å². The molecule has 2 nitrogen and oxygen atoms in total. The summed E-state index contributed by atoms with van der Waals surface area (Å²) >= 11 is 0. The van der Waals surface area contributed by atoms with Gasteiger partial charge in [-0.2, -0.15) is 0 Å². The molecule has 0 fully saturated rings. The number of nitrogens with zero attached hydrogens (tertiary/aromatic N) is 1. The van der Waals surface area contributed by atoms with E-state index in [0.29, 0.717) is 5.92 Å². The lowest BCUT2D eigenvalue weighted by Gasteiger charge is -2.29. The number of para-hydroxylation sites is 2. The molecule has 0 saturated carbocycles. The highest BCUT2D eigenvalue weighted by molar-refractivity contribution is 5.71. The van der Waals surface area contributed by atoms with E-state index < -0.39 is 0 Å². The Kier molecular flexibility index (Phi) is 4.26. The first kappa shape index (κ1) is 14.2. The summed E-state index contributed by atoms with van der Waals surface area (Å²) in [5.41, 5.74) is 5.69. The molecule has 0 amide bonds. The fourth-order valence-corrected chi connectivity index (χ4v) is 3.29. The van der Waals surface area contributed by atoms with Crippen LogP contribution >= 0.6 is 0 Å². The molecule has 1 N–H and O–H groups in total. The maximum absolute atomic E-state index is 3.29. The quantitative estimate of drug-likeness (QED) is 0.917. The Labute approximate surface area is 127 Å². The first-order valence-electron chi connectivity index (χ1n) is 7.87. The summed E-state index contributed by atoms with van der Waals surface area (Å²) in [6.07, 6.45) is 2.26. The van der Waals surface area contributed by atoms with Crippen LogP contribution in [0.15, 0.2) is 48.5 Å². The minimum absolute atomic E-state index is 0.606. The van der Waals surface area contributed by atoms with Gasteiger partial charge in [0.1, 0.15) is 0 Å². The van der Waals surface area contributed by atoms with Crippen LogP contribution in [0.25, 0.3) is 0 Å². The van der Waals surface area contributed by atoms with E-state index in [4.69, 9.17) is 0 Å². The van der Waals surface area contributed by atoms with Crippen LogP contribution in [0.3, 0.4) is 0 Å². The topological polar surface area (TPSA) is 15.3 Å². The third kappa shape index (κ3) is 2.96. The van der Waals surface area contributed by atoms with E-state index in [-0.39, 0.29) is 0 Å². The molecule has 1 aliphatic rings. The molecular formula is C19H24N2. The maximum atomic E-state index is 3.29. The van der Waals surface area contributed by atoms with Crippen molar-refractivity contribution in [3.8, 4) is 0 Å². The Bertz CT molecular complexity index is 559. The number of rotatable bonds is 4. The van der Waals surface area contributed by atoms with Gasteiger partial charge in [0.25, 0.3) is 0 Å². The monoisotopic (exact) mass is 280 g/mol. The van der Waals surface area contributed by atoms with E-state index in [0.717, 1.165) is 25.9 Å². The van der Waals surface area contributed by atoms with Crippen LogP contribution in [0.1, 0.15) is 18.1 Å². The molecule has 0 bridgehead atoms. The predicted molar refractivity (Wildman–Crippen MR) is 90.4 cm³/mol. The van der Waals surface area contributed by atoms with Crippen LogP contribution in [0, 0.1) is 5.92 Å². The van der Waals surface area contributed by atoms with E-state index in [1.54, 1.807) is 0 Å². The summed E-state index contributed by atoms with van der Waals surface area (Å²) in [5.74, 6) is 0.606. The van der Waals surface area contributed by atoms with Gasteiger partial charge in [0, 0.05) is 17.9 Å². The second-order valence-electron chi connectivity index (χ2n) is 6.03. The highest BCUT2D eigenvalue weighted by Crippen LogP contribution is 2.36. The summed E-state index contributed by atoms with van der Waals surface area (Å²) in [6, 6.07) is 17.7. The van der Waals surface area contributed by atoms with E-state index in [1.807, 2.05) is 7.05 Å². The number of anilines is 2. The van der Waals surface area contributed by atoms with Crippen LogP contribution < -0.4 is 10.2 Å². The molecule has 0 aromatic heterocycles. The molecule has 1 heterocycles. The lowest BCUT2D eigenvalue weighted by molar-refractivity contribution is 0.549. The fourth-order valence-electron chi connectivity index (χ4n) is 3.29. The van der Waals surface area contributed by atoms with Crippen LogP contribution in [0.5, 0.6) is 0 Å². The maximum Gasteiger partial charge on any atom is 0.0443 e. The van der Waals surface area contributed by atoms with Gasteiger partial charge in [0.05, 0.1) is 0 Å². The summed E-state index contributed by atoms with van der Waals surface area (Å²) in [7, 11) is 2.03. The molecule has 2 aromatic rings. The van der Waals surface area contributed by atoms with Crippen molar-refractivity contribution in [1.29, 1.82) is 0 Å². The number of fused-ring (bicyclic) bond motifs is 2. The van der Waals surface area contributed by atoms with Crippen molar-refractivity contribution in [2.45, 2.75) is 19.8 Å². The third-order valence-corrected chi connectivity index (χ3v) is 4.28. The highest BCUT2D eigenvalue weighted by atomic mass is 15.1. The Morgan fingerprint density at radius 2 is 1.48 bits per heavy atom. The van der Waals surface area contributed by atoms with Crippen LogP contribution in [0.4, 0.5) is 11.4 Å². The minimum Gasteiger partial charge on any atom is -0.341 e. The van der Waals surface area contributed by atoms with Gasteiger partial charge >= 0.3 is 0 Å². The number of hydrogen-bond donors (Lipinski definition) is 1. The molecule has 0 saturated heterocycles. The van der Waals surface area contributed by atoms with E-state index in [1.165, 1.54) is 22.5 Å². The zero-order chi connectivity index (χ0) is 14.7. The molecule has 2 heteroatoms. The van der Waals surface area contributed by atoms with Crippen molar-refractivity contribution in [3.63, 3.8) is 0 Å². The van der Waals surface area contributed by atoms with Crippen LogP contribution in [-0.2, 0) is 12.8 Å². The number of nitrogens with one attached hydrogen (secondary N) is 1. The molecule has 1 aliphatic heterocycles.